The maximum Gasteiger partial charge on any atom is 0.264 e. The molecule has 1 amide bonds. The third kappa shape index (κ3) is 4.56. The van der Waals surface area contributed by atoms with Gasteiger partial charge in [-0.2, -0.15) is 0 Å². The van der Waals surface area contributed by atoms with E-state index in [1.165, 1.54) is 16.4 Å². The maximum atomic E-state index is 13.6. The SMILES string of the molecule is O=C(CCC1CCOC1)N1CCC2(CC1)CN(S(=O)(=O)c1ccc(C(F)F)cc1)c1ccccc12. The van der Waals surface area contributed by atoms with Crippen molar-refractivity contribution in [2.45, 2.75) is 48.8 Å². The molecule has 3 aliphatic heterocycles. The number of fused-ring (bicyclic) bond motifs is 2. The molecular formula is C26H30F2N2O4S. The van der Waals surface area contributed by atoms with Gasteiger partial charge in [0.1, 0.15) is 0 Å². The van der Waals surface area contributed by atoms with Crippen molar-refractivity contribution < 1.29 is 26.7 Å². The highest BCUT2D eigenvalue weighted by Crippen LogP contribution is 2.48. The van der Waals surface area contributed by atoms with E-state index in [1.807, 2.05) is 23.1 Å². The van der Waals surface area contributed by atoms with Crippen LogP contribution in [0.5, 0.6) is 0 Å². The van der Waals surface area contributed by atoms with Crippen LogP contribution in [0.3, 0.4) is 0 Å². The number of amides is 1. The lowest BCUT2D eigenvalue weighted by molar-refractivity contribution is -0.133. The van der Waals surface area contributed by atoms with Crippen molar-refractivity contribution in [3.8, 4) is 0 Å². The van der Waals surface area contributed by atoms with Crippen LogP contribution in [-0.2, 0) is 25.0 Å². The molecule has 2 saturated heterocycles. The van der Waals surface area contributed by atoms with Gasteiger partial charge in [-0.15, -0.1) is 0 Å². The molecule has 6 nitrogen and oxygen atoms in total. The topological polar surface area (TPSA) is 66.9 Å². The normalized spacial score (nSPS) is 21.6. The molecule has 9 heteroatoms. The van der Waals surface area contributed by atoms with Gasteiger partial charge in [-0.1, -0.05) is 30.3 Å². The average molecular weight is 505 g/mol. The third-order valence-electron chi connectivity index (χ3n) is 7.77. The van der Waals surface area contributed by atoms with Gasteiger partial charge in [-0.3, -0.25) is 9.10 Å². The van der Waals surface area contributed by atoms with Crippen LogP contribution in [-0.4, -0.2) is 52.1 Å². The van der Waals surface area contributed by atoms with Gasteiger partial charge >= 0.3 is 0 Å². The van der Waals surface area contributed by atoms with Gasteiger partial charge in [0.05, 0.1) is 10.6 Å². The van der Waals surface area contributed by atoms with E-state index in [4.69, 9.17) is 4.74 Å². The van der Waals surface area contributed by atoms with Gasteiger partial charge in [0.2, 0.25) is 5.91 Å². The van der Waals surface area contributed by atoms with Crippen molar-refractivity contribution in [1.82, 2.24) is 4.90 Å². The van der Waals surface area contributed by atoms with Crippen LogP contribution >= 0.6 is 0 Å². The summed E-state index contributed by atoms with van der Waals surface area (Å²) in [6, 6.07) is 12.3. The molecule has 2 aromatic rings. The minimum absolute atomic E-state index is 0.00254. The molecular weight excluding hydrogens is 474 g/mol. The first-order chi connectivity index (χ1) is 16.8. The lowest BCUT2D eigenvalue weighted by atomic mass is 9.74. The number of ether oxygens (including phenoxy) is 1. The Morgan fingerprint density at radius 1 is 1.09 bits per heavy atom. The third-order valence-corrected chi connectivity index (χ3v) is 9.55. The summed E-state index contributed by atoms with van der Waals surface area (Å²) in [6.45, 7) is 2.98. The second kappa shape index (κ2) is 9.50. The number of rotatable bonds is 6. The zero-order valence-electron chi connectivity index (χ0n) is 19.5. The highest BCUT2D eigenvalue weighted by molar-refractivity contribution is 7.92. The number of carbonyl (C=O) groups is 1. The van der Waals surface area contributed by atoms with Crippen LogP contribution in [0.1, 0.15) is 49.7 Å². The Bertz CT molecular complexity index is 1170. The van der Waals surface area contributed by atoms with E-state index in [1.54, 1.807) is 6.07 Å². The number of benzene rings is 2. The van der Waals surface area contributed by atoms with Crippen LogP contribution < -0.4 is 4.31 Å². The summed E-state index contributed by atoms with van der Waals surface area (Å²) in [5.41, 5.74) is 1.03. The minimum atomic E-state index is -3.92. The van der Waals surface area contributed by atoms with Crippen molar-refractivity contribution >= 4 is 21.6 Å². The molecule has 2 fully saturated rings. The summed E-state index contributed by atoms with van der Waals surface area (Å²) in [5.74, 6) is 0.618. The van der Waals surface area contributed by atoms with E-state index in [-0.39, 0.29) is 28.3 Å². The van der Waals surface area contributed by atoms with E-state index in [0.29, 0.717) is 44.0 Å². The Morgan fingerprint density at radius 2 is 1.80 bits per heavy atom. The van der Waals surface area contributed by atoms with Crippen molar-refractivity contribution in [1.29, 1.82) is 0 Å². The molecule has 1 unspecified atom stereocenters. The van der Waals surface area contributed by atoms with Crippen LogP contribution in [0.2, 0.25) is 0 Å². The summed E-state index contributed by atoms with van der Waals surface area (Å²) in [5, 5.41) is 0. The zero-order valence-corrected chi connectivity index (χ0v) is 20.4. The van der Waals surface area contributed by atoms with Crippen molar-refractivity contribution in [2.24, 2.45) is 5.92 Å². The van der Waals surface area contributed by atoms with Crippen molar-refractivity contribution in [2.75, 3.05) is 37.2 Å². The number of alkyl halides is 2. The van der Waals surface area contributed by atoms with Gasteiger partial charge < -0.3 is 9.64 Å². The Kier molecular flexibility index (Phi) is 6.57. The Morgan fingerprint density at radius 3 is 2.46 bits per heavy atom. The maximum absolute atomic E-state index is 13.6. The van der Waals surface area contributed by atoms with E-state index >= 15 is 0 Å². The molecule has 0 N–H and O–H groups in total. The molecule has 0 saturated carbocycles. The molecule has 5 rings (SSSR count). The van der Waals surface area contributed by atoms with Crippen LogP contribution in [0.25, 0.3) is 0 Å². The number of sulfonamides is 1. The molecule has 0 bridgehead atoms. The average Bonchev–Trinajstić information content (AvgIpc) is 3.50. The summed E-state index contributed by atoms with van der Waals surface area (Å²) >= 11 is 0. The van der Waals surface area contributed by atoms with Crippen LogP contribution in [0.4, 0.5) is 14.5 Å². The smallest absolute Gasteiger partial charge is 0.264 e. The lowest BCUT2D eigenvalue weighted by Gasteiger charge is -2.40. The van der Waals surface area contributed by atoms with Gasteiger partial charge in [0.25, 0.3) is 16.4 Å². The second-order valence-electron chi connectivity index (χ2n) is 9.83. The van der Waals surface area contributed by atoms with E-state index in [2.05, 4.69) is 0 Å². The first-order valence-corrected chi connectivity index (χ1v) is 13.6. The molecule has 3 aliphatic rings. The molecule has 188 valence electrons. The number of nitrogens with zero attached hydrogens (tertiary/aromatic N) is 2. The second-order valence-corrected chi connectivity index (χ2v) is 11.7. The highest BCUT2D eigenvalue weighted by atomic mass is 32.2. The van der Waals surface area contributed by atoms with Gasteiger partial charge in [0, 0.05) is 50.2 Å². The quantitative estimate of drug-likeness (QED) is 0.581. The Labute approximate surface area is 204 Å². The number of halogens is 2. The lowest BCUT2D eigenvalue weighted by Crippen LogP contribution is -2.47. The zero-order chi connectivity index (χ0) is 24.6. The fourth-order valence-corrected chi connectivity index (χ4v) is 7.19. The largest absolute Gasteiger partial charge is 0.381 e. The molecule has 0 radical (unpaired) electrons. The van der Waals surface area contributed by atoms with Gasteiger partial charge in [0.15, 0.2) is 0 Å². The first kappa shape index (κ1) is 24.2. The molecule has 0 aliphatic carbocycles. The fraction of sp³-hybridized carbons (Fsp3) is 0.500. The van der Waals surface area contributed by atoms with Crippen LogP contribution in [0.15, 0.2) is 53.4 Å². The molecule has 3 heterocycles. The van der Waals surface area contributed by atoms with E-state index in [0.717, 1.165) is 43.8 Å². The van der Waals surface area contributed by atoms with E-state index in [9.17, 15) is 22.0 Å². The number of carbonyl (C=O) groups excluding carboxylic acids is 1. The molecule has 2 aromatic carbocycles. The number of hydrogen-bond donors (Lipinski definition) is 0. The van der Waals surface area contributed by atoms with E-state index < -0.39 is 16.4 Å². The number of likely N-dealkylation sites (tertiary alicyclic amines) is 1. The monoisotopic (exact) mass is 504 g/mol. The van der Waals surface area contributed by atoms with Gasteiger partial charge in [-0.25, -0.2) is 17.2 Å². The minimum Gasteiger partial charge on any atom is -0.381 e. The number of piperidine rings is 1. The predicted octanol–water partition coefficient (Wildman–Crippen LogP) is 4.51. The van der Waals surface area contributed by atoms with Gasteiger partial charge in [-0.05, 0) is 55.4 Å². The number of para-hydroxylation sites is 1. The standard InChI is InChI=1S/C26H30F2N2O4S/c27-25(28)20-6-8-21(9-7-20)35(32,33)30-18-26(22-3-1-2-4-23(22)30)12-14-29(15-13-26)24(31)10-5-19-11-16-34-17-19/h1-4,6-9,19,25H,5,10-18H2. The first-order valence-electron chi connectivity index (χ1n) is 12.2. The van der Waals surface area contributed by atoms with Crippen molar-refractivity contribution in [3.63, 3.8) is 0 Å². The molecule has 35 heavy (non-hydrogen) atoms. The predicted molar refractivity (Wildman–Crippen MR) is 128 cm³/mol. The molecule has 0 aromatic heterocycles. The Hall–Kier alpha value is -2.52. The number of hydrogen-bond acceptors (Lipinski definition) is 4. The summed E-state index contributed by atoms with van der Waals surface area (Å²) in [4.78, 5) is 14.7. The molecule has 1 atom stereocenters. The fourth-order valence-electron chi connectivity index (χ4n) is 5.62. The van der Waals surface area contributed by atoms with Crippen LogP contribution in [0, 0.1) is 5.92 Å². The summed E-state index contributed by atoms with van der Waals surface area (Å²) in [6.07, 6.45) is 1.09. The molecule has 1 spiro atoms. The summed E-state index contributed by atoms with van der Waals surface area (Å²) in [7, 11) is -3.92. The Balaban J connectivity index is 1.32. The van der Waals surface area contributed by atoms with Crippen molar-refractivity contribution in [3.05, 3.63) is 59.7 Å². The number of anilines is 1. The highest BCUT2D eigenvalue weighted by Gasteiger charge is 2.48. The summed E-state index contributed by atoms with van der Waals surface area (Å²) < 4.78 is 59.8.